The summed E-state index contributed by atoms with van der Waals surface area (Å²) < 4.78 is 5.05. The van der Waals surface area contributed by atoms with Crippen LogP contribution < -0.4 is 4.74 Å². The van der Waals surface area contributed by atoms with Crippen LogP contribution in [0.2, 0.25) is 0 Å². The van der Waals surface area contributed by atoms with Crippen LogP contribution in [0, 0.1) is 0 Å². The van der Waals surface area contributed by atoms with Gasteiger partial charge in [0, 0.05) is 5.57 Å². The van der Waals surface area contributed by atoms with Crippen molar-refractivity contribution in [3.63, 3.8) is 0 Å². The van der Waals surface area contributed by atoms with Crippen molar-refractivity contribution < 1.29 is 9.53 Å². The van der Waals surface area contributed by atoms with Gasteiger partial charge in [0.05, 0.1) is 7.11 Å². The second kappa shape index (κ2) is 4.48. The molecule has 0 fully saturated rings. The highest BCUT2D eigenvalue weighted by molar-refractivity contribution is 5.87. The summed E-state index contributed by atoms with van der Waals surface area (Å²) in [5, 5.41) is 0. The van der Waals surface area contributed by atoms with Crippen LogP contribution in [0.25, 0.3) is 5.57 Å². The Morgan fingerprint density at radius 1 is 1.54 bits per heavy atom. The van der Waals surface area contributed by atoms with Gasteiger partial charge in [-0.25, -0.2) is 4.79 Å². The first-order valence-corrected chi connectivity index (χ1v) is 4.20. The van der Waals surface area contributed by atoms with Gasteiger partial charge < -0.3 is 4.74 Å². The summed E-state index contributed by atoms with van der Waals surface area (Å²) in [7, 11) is 1.61. The van der Waals surface area contributed by atoms with Crippen molar-refractivity contribution in [2.24, 2.45) is 0 Å². The van der Waals surface area contributed by atoms with E-state index in [0.717, 1.165) is 11.3 Å². The molecule has 1 aromatic rings. The standard InChI is InChI=1S/C11H12O2/c1-3-9(8-12)10-5-4-6-11(7-10)13-2/h4-7H,3H2,1-2H3. The lowest BCUT2D eigenvalue weighted by molar-refractivity contribution is 0.414. The number of carbonyl (C=O) groups excluding carboxylic acids is 1. The van der Waals surface area contributed by atoms with Crippen molar-refractivity contribution in [2.45, 2.75) is 13.3 Å². The molecule has 1 aromatic carbocycles. The molecule has 0 atom stereocenters. The van der Waals surface area contributed by atoms with Crippen LogP contribution in [0.1, 0.15) is 18.9 Å². The van der Waals surface area contributed by atoms with E-state index in [-0.39, 0.29) is 0 Å². The summed E-state index contributed by atoms with van der Waals surface area (Å²) in [6.07, 6.45) is 0.691. The molecule has 13 heavy (non-hydrogen) atoms. The molecule has 0 unspecified atom stereocenters. The third-order valence-electron chi connectivity index (χ3n) is 1.89. The summed E-state index contributed by atoms with van der Waals surface area (Å²) in [6, 6.07) is 7.43. The van der Waals surface area contributed by atoms with Gasteiger partial charge in [-0.2, -0.15) is 0 Å². The fraction of sp³-hybridized carbons (Fsp3) is 0.273. The molecule has 0 amide bonds. The number of rotatable bonds is 3. The minimum atomic E-state index is 0.680. The number of hydrogen-bond donors (Lipinski definition) is 0. The van der Waals surface area contributed by atoms with Crippen molar-refractivity contribution in [1.29, 1.82) is 0 Å². The maximum absolute atomic E-state index is 10.5. The van der Waals surface area contributed by atoms with E-state index in [1.165, 1.54) is 0 Å². The quantitative estimate of drug-likeness (QED) is 0.660. The first kappa shape index (κ1) is 9.56. The summed E-state index contributed by atoms with van der Waals surface area (Å²) in [5.41, 5.74) is 1.57. The zero-order valence-electron chi connectivity index (χ0n) is 7.83. The Morgan fingerprint density at radius 3 is 2.85 bits per heavy atom. The summed E-state index contributed by atoms with van der Waals surface area (Å²) in [5.74, 6) is 2.69. The Hall–Kier alpha value is -1.53. The van der Waals surface area contributed by atoms with E-state index < -0.39 is 0 Å². The van der Waals surface area contributed by atoms with Crippen molar-refractivity contribution in [3.05, 3.63) is 29.8 Å². The van der Waals surface area contributed by atoms with Crippen LogP contribution in [0.5, 0.6) is 5.75 Å². The topological polar surface area (TPSA) is 26.3 Å². The molecule has 2 heteroatoms. The zero-order chi connectivity index (χ0) is 9.68. The molecule has 0 aliphatic rings. The van der Waals surface area contributed by atoms with Crippen LogP contribution in [0.4, 0.5) is 0 Å². The molecule has 0 saturated heterocycles. The second-order valence-corrected chi connectivity index (χ2v) is 2.67. The molecule has 0 aliphatic carbocycles. The van der Waals surface area contributed by atoms with Gasteiger partial charge in [-0.1, -0.05) is 19.1 Å². The maximum atomic E-state index is 10.5. The first-order valence-electron chi connectivity index (χ1n) is 4.20. The SMILES string of the molecule is CCC(=C=O)c1cccc(OC)c1. The van der Waals surface area contributed by atoms with Crippen molar-refractivity contribution >= 4 is 11.5 Å². The largest absolute Gasteiger partial charge is 0.497 e. The van der Waals surface area contributed by atoms with E-state index in [9.17, 15) is 4.79 Å². The van der Waals surface area contributed by atoms with Gasteiger partial charge in [0.25, 0.3) is 0 Å². The van der Waals surface area contributed by atoms with Gasteiger partial charge in [-0.15, -0.1) is 0 Å². The summed E-state index contributed by atoms with van der Waals surface area (Å²) in [6.45, 7) is 1.93. The smallest absolute Gasteiger partial charge is 0.128 e. The van der Waals surface area contributed by atoms with Gasteiger partial charge in [0.2, 0.25) is 0 Å². The van der Waals surface area contributed by atoms with Gasteiger partial charge >= 0.3 is 0 Å². The van der Waals surface area contributed by atoms with Gasteiger partial charge in [-0.05, 0) is 24.1 Å². The van der Waals surface area contributed by atoms with Crippen molar-refractivity contribution in [3.8, 4) is 5.75 Å². The van der Waals surface area contributed by atoms with E-state index in [1.54, 1.807) is 7.11 Å². The lowest BCUT2D eigenvalue weighted by Gasteiger charge is -2.03. The molecule has 0 spiro atoms. The minimum absolute atomic E-state index is 0.680. The van der Waals surface area contributed by atoms with E-state index >= 15 is 0 Å². The average molecular weight is 176 g/mol. The molecule has 0 aromatic heterocycles. The molecule has 0 saturated carbocycles. The average Bonchev–Trinajstić information content (AvgIpc) is 2.20. The van der Waals surface area contributed by atoms with Crippen molar-refractivity contribution in [1.82, 2.24) is 0 Å². The summed E-state index contributed by atoms with van der Waals surface area (Å²) in [4.78, 5) is 10.5. The molecule has 0 heterocycles. The molecule has 0 aliphatic heterocycles. The Morgan fingerprint density at radius 2 is 2.31 bits per heavy atom. The first-order chi connectivity index (χ1) is 6.31. The molecule has 0 radical (unpaired) electrons. The lowest BCUT2D eigenvalue weighted by Crippen LogP contribution is -1.86. The van der Waals surface area contributed by atoms with Crippen molar-refractivity contribution in [2.75, 3.05) is 7.11 Å². The Kier molecular flexibility index (Phi) is 3.30. The molecule has 2 nitrogen and oxygen atoms in total. The molecular formula is C11H12O2. The summed E-state index contributed by atoms with van der Waals surface area (Å²) >= 11 is 0. The van der Waals surface area contributed by atoms with Crippen LogP contribution >= 0.6 is 0 Å². The van der Waals surface area contributed by atoms with Gasteiger partial charge in [-0.3, -0.25) is 0 Å². The highest BCUT2D eigenvalue weighted by Crippen LogP contribution is 2.19. The highest BCUT2D eigenvalue weighted by Gasteiger charge is 2.00. The second-order valence-electron chi connectivity index (χ2n) is 2.67. The number of hydrogen-bond acceptors (Lipinski definition) is 2. The molecule has 1 rings (SSSR count). The van der Waals surface area contributed by atoms with E-state index in [4.69, 9.17) is 4.74 Å². The van der Waals surface area contributed by atoms with E-state index in [2.05, 4.69) is 0 Å². The predicted octanol–water partition coefficient (Wildman–Crippen LogP) is 2.32. The monoisotopic (exact) mass is 176 g/mol. The fourth-order valence-corrected chi connectivity index (χ4v) is 1.15. The predicted molar refractivity (Wildman–Crippen MR) is 52.4 cm³/mol. The van der Waals surface area contributed by atoms with Gasteiger partial charge in [0.1, 0.15) is 11.7 Å². The Bertz CT molecular complexity index is 336. The molecule has 68 valence electrons. The number of methoxy groups -OCH3 is 1. The number of allylic oxidation sites excluding steroid dienone is 1. The maximum Gasteiger partial charge on any atom is 0.128 e. The van der Waals surface area contributed by atoms with Crippen LogP contribution in [-0.4, -0.2) is 13.1 Å². The van der Waals surface area contributed by atoms with Crippen LogP contribution in [-0.2, 0) is 4.79 Å². The van der Waals surface area contributed by atoms with E-state index in [1.807, 2.05) is 37.1 Å². The molecule has 0 bridgehead atoms. The number of ether oxygens (including phenoxy) is 1. The van der Waals surface area contributed by atoms with Gasteiger partial charge in [0.15, 0.2) is 0 Å². The Balaban J connectivity index is 3.07. The number of benzene rings is 1. The molecule has 0 N–H and O–H groups in total. The third-order valence-corrected chi connectivity index (χ3v) is 1.89. The lowest BCUT2D eigenvalue weighted by atomic mass is 10.1. The Labute approximate surface area is 77.8 Å². The van der Waals surface area contributed by atoms with Crippen LogP contribution in [0.3, 0.4) is 0 Å². The normalized spacial score (nSPS) is 9.08. The zero-order valence-corrected chi connectivity index (χ0v) is 7.83. The van der Waals surface area contributed by atoms with Crippen LogP contribution in [0.15, 0.2) is 24.3 Å². The molecular weight excluding hydrogens is 164 g/mol. The van der Waals surface area contributed by atoms with E-state index in [0.29, 0.717) is 12.0 Å². The third kappa shape index (κ3) is 2.20. The highest BCUT2D eigenvalue weighted by atomic mass is 16.5. The minimum Gasteiger partial charge on any atom is -0.497 e. The fourth-order valence-electron chi connectivity index (χ4n) is 1.15.